The molecule has 0 amide bonds. The SMILES string of the molecule is CC(=O)c1c(F)cc(F)cc1N1CCOCC1.CC(=O)c1c(F)cc(N2CCOCC2)cc1F. The van der Waals surface area contributed by atoms with Gasteiger partial charge in [-0.15, -0.1) is 0 Å². The Balaban J connectivity index is 0.000000191. The zero-order valence-corrected chi connectivity index (χ0v) is 19.0. The lowest BCUT2D eigenvalue weighted by Gasteiger charge is -2.30. The molecule has 34 heavy (non-hydrogen) atoms. The third kappa shape index (κ3) is 6.12. The number of Topliss-reactive ketones (excluding diaryl/α,β-unsaturated/α-hetero) is 2. The second-order valence-corrected chi connectivity index (χ2v) is 7.88. The normalized spacial score (nSPS) is 16.1. The Bertz CT molecular complexity index is 1030. The average Bonchev–Trinajstić information content (AvgIpc) is 2.79. The van der Waals surface area contributed by atoms with Crippen LogP contribution in [0.2, 0.25) is 0 Å². The van der Waals surface area contributed by atoms with E-state index in [1.54, 1.807) is 4.90 Å². The van der Waals surface area contributed by atoms with Crippen LogP contribution < -0.4 is 9.80 Å². The van der Waals surface area contributed by atoms with Gasteiger partial charge in [-0.3, -0.25) is 9.59 Å². The maximum atomic E-state index is 13.6. The van der Waals surface area contributed by atoms with Gasteiger partial charge < -0.3 is 19.3 Å². The molecule has 0 aliphatic carbocycles. The smallest absolute Gasteiger partial charge is 0.165 e. The molecule has 0 N–H and O–H groups in total. The third-order valence-electron chi connectivity index (χ3n) is 5.49. The molecule has 0 atom stereocenters. The number of morpholine rings is 2. The van der Waals surface area contributed by atoms with E-state index in [-0.39, 0.29) is 5.56 Å². The van der Waals surface area contributed by atoms with Crippen LogP contribution in [0, 0.1) is 23.3 Å². The predicted molar refractivity (Wildman–Crippen MR) is 119 cm³/mol. The van der Waals surface area contributed by atoms with Crippen molar-refractivity contribution in [2.24, 2.45) is 0 Å². The van der Waals surface area contributed by atoms with Gasteiger partial charge in [-0.05, 0) is 32.0 Å². The molecule has 184 valence electrons. The van der Waals surface area contributed by atoms with Crippen LogP contribution in [0.15, 0.2) is 24.3 Å². The van der Waals surface area contributed by atoms with E-state index < -0.39 is 40.4 Å². The van der Waals surface area contributed by atoms with Crippen LogP contribution in [0.1, 0.15) is 34.6 Å². The van der Waals surface area contributed by atoms with Gasteiger partial charge in [0.15, 0.2) is 11.6 Å². The molecular weight excluding hydrogens is 456 g/mol. The van der Waals surface area contributed by atoms with Crippen molar-refractivity contribution in [3.05, 3.63) is 58.7 Å². The van der Waals surface area contributed by atoms with Gasteiger partial charge in [-0.25, -0.2) is 17.6 Å². The number of anilines is 2. The van der Waals surface area contributed by atoms with E-state index in [4.69, 9.17) is 9.47 Å². The second kappa shape index (κ2) is 11.4. The molecule has 4 rings (SSSR count). The van der Waals surface area contributed by atoms with Gasteiger partial charge in [0, 0.05) is 37.9 Å². The Morgan fingerprint density at radius 1 is 0.676 bits per heavy atom. The summed E-state index contributed by atoms with van der Waals surface area (Å²) in [6.45, 7) is 6.75. The second-order valence-electron chi connectivity index (χ2n) is 7.88. The number of halogens is 4. The molecule has 6 nitrogen and oxygen atoms in total. The van der Waals surface area contributed by atoms with Gasteiger partial charge in [0.1, 0.15) is 23.3 Å². The first-order chi connectivity index (χ1) is 16.2. The first kappa shape index (κ1) is 25.6. The van der Waals surface area contributed by atoms with E-state index >= 15 is 0 Å². The van der Waals surface area contributed by atoms with Crippen molar-refractivity contribution in [3.8, 4) is 0 Å². The number of carbonyl (C=O) groups excluding carboxylic acids is 2. The number of ketones is 2. The minimum absolute atomic E-state index is 0.0479. The standard InChI is InChI=1S/2C12H13F2NO2/c1-8(16)12-10(13)6-9(7-11(12)14)15-2-4-17-5-3-15;1-8(16)12-10(14)6-9(13)7-11(12)15-2-4-17-5-3-15/h2*6-7H,2-5H2,1H3. The predicted octanol–water partition coefficient (Wildman–Crippen LogP) is 4.01. The summed E-state index contributed by atoms with van der Waals surface area (Å²) in [5.74, 6) is -4.09. The van der Waals surface area contributed by atoms with E-state index in [1.807, 2.05) is 4.90 Å². The van der Waals surface area contributed by atoms with Gasteiger partial charge in [0.2, 0.25) is 0 Å². The number of rotatable bonds is 4. The quantitative estimate of drug-likeness (QED) is 0.485. The van der Waals surface area contributed by atoms with Gasteiger partial charge in [-0.1, -0.05) is 0 Å². The molecule has 2 aromatic rings. The average molecular weight is 482 g/mol. The number of benzene rings is 2. The van der Waals surface area contributed by atoms with Crippen molar-refractivity contribution in [1.29, 1.82) is 0 Å². The third-order valence-corrected chi connectivity index (χ3v) is 5.49. The largest absolute Gasteiger partial charge is 0.378 e. The molecule has 0 radical (unpaired) electrons. The highest BCUT2D eigenvalue weighted by atomic mass is 19.1. The Labute approximate surface area is 195 Å². The summed E-state index contributed by atoms with van der Waals surface area (Å²) in [7, 11) is 0. The van der Waals surface area contributed by atoms with E-state index in [2.05, 4.69) is 0 Å². The van der Waals surface area contributed by atoms with E-state index in [1.165, 1.54) is 25.1 Å². The molecule has 0 aromatic heterocycles. The Hall–Kier alpha value is -2.98. The fraction of sp³-hybridized carbons (Fsp3) is 0.417. The van der Waals surface area contributed by atoms with Crippen molar-refractivity contribution in [2.75, 3.05) is 62.4 Å². The van der Waals surface area contributed by atoms with Crippen molar-refractivity contribution in [2.45, 2.75) is 13.8 Å². The molecule has 2 aliphatic heterocycles. The zero-order valence-electron chi connectivity index (χ0n) is 19.0. The molecule has 2 saturated heterocycles. The molecule has 2 aromatic carbocycles. The van der Waals surface area contributed by atoms with Crippen molar-refractivity contribution in [3.63, 3.8) is 0 Å². The summed E-state index contributed by atoms with van der Waals surface area (Å²) in [5, 5.41) is 0. The van der Waals surface area contributed by atoms with E-state index in [9.17, 15) is 27.2 Å². The highest BCUT2D eigenvalue weighted by Crippen LogP contribution is 2.26. The molecule has 0 spiro atoms. The molecule has 0 unspecified atom stereocenters. The van der Waals surface area contributed by atoms with Crippen LogP contribution in [0.3, 0.4) is 0 Å². The summed E-state index contributed by atoms with van der Waals surface area (Å²) >= 11 is 0. The zero-order chi connectivity index (χ0) is 24.8. The lowest BCUT2D eigenvalue weighted by molar-refractivity contribution is 0.0997. The fourth-order valence-corrected chi connectivity index (χ4v) is 3.86. The number of carbonyl (C=O) groups is 2. The molecular formula is C24H26F4N2O4. The Morgan fingerprint density at radius 3 is 1.59 bits per heavy atom. The lowest BCUT2D eigenvalue weighted by Crippen LogP contribution is -2.37. The molecule has 2 heterocycles. The minimum atomic E-state index is -0.806. The molecule has 0 bridgehead atoms. The van der Waals surface area contributed by atoms with Crippen LogP contribution in [0.25, 0.3) is 0 Å². The summed E-state index contributed by atoms with van der Waals surface area (Å²) in [6.07, 6.45) is 0. The van der Waals surface area contributed by atoms with Gasteiger partial charge in [0.05, 0.1) is 43.2 Å². The summed E-state index contributed by atoms with van der Waals surface area (Å²) in [5.41, 5.74) is 0.252. The van der Waals surface area contributed by atoms with Crippen molar-refractivity contribution in [1.82, 2.24) is 0 Å². The topological polar surface area (TPSA) is 59.1 Å². The number of nitrogens with zero attached hydrogens (tertiary/aromatic N) is 2. The number of hydrogen-bond acceptors (Lipinski definition) is 6. The maximum Gasteiger partial charge on any atom is 0.165 e. The first-order valence-corrected chi connectivity index (χ1v) is 10.8. The maximum absolute atomic E-state index is 13.6. The summed E-state index contributed by atoms with van der Waals surface area (Å²) in [6, 6.07) is 4.34. The van der Waals surface area contributed by atoms with Gasteiger partial charge in [-0.2, -0.15) is 0 Å². The first-order valence-electron chi connectivity index (χ1n) is 10.8. The van der Waals surface area contributed by atoms with Crippen molar-refractivity contribution >= 4 is 22.9 Å². The highest BCUT2D eigenvalue weighted by molar-refractivity contribution is 6.00. The Morgan fingerprint density at radius 2 is 1.12 bits per heavy atom. The van der Waals surface area contributed by atoms with Gasteiger partial charge >= 0.3 is 0 Å². The van der Waals surface area contributed by atoms with Crippen LogP contribution in [-0.2, 0) is 9.47 Å². The van der Waals surface area contributed by atoms with Gasteiger partial charge in [0.25, 0.3) is 0 Å². The number of hydrogen-bond donors (Lipinski definition) is 0. The Kier molecular flexibility index (Phi) is 8.62. The molecule has 2 fully saturated rings. The number of ether oxygens (including phenoxy) is 2. The monoisotopic (exact) mass is 482 g/mol. The fourth-order valence-electron chi connectivity index (χ4n) is 3.86. The lowest BCUT2D eigenvalue weighted by atomic mass is 10.1. The molecule has 0 saturated carbocycles. The van der Waals surface area contributed by atoms with Crippen LogP contribution >= 0.6 is 0 Å². The minimum Gasteiger partial charge on any atom is -0.378 e. The van der Waals surface area contributed by atoms with E-state index in [0.29, 0.717) is 64.0 Å². The van der Waals surface area contributed by atoms with Crippen LogP contribution in [0.4, 0.5) is 28.9 Å². The summed E-state index contributed by atoms with van der Waals surface area (Å²) < 4.78 is 64.3. The summed E-state index contributed by atoms with van der Waals surface area (Å²) in [4.78, 5) is 26.1. The molecule has 2 aliphatic rings. The highest BCUT2D eigenvalue weighted by Gasteiger charge is 2.22. The van der Waals surface area contributed by atoms with Crippen LogP contribution in [0.5, 0.6) is 0 Å². The van der Waals surface area contributed by atoms with Crippen molar-refractivity contribution < 1.29 is 36.6 Å². The van der Waals surface area contributed by atoms with Crippen LogP contribution in [-0.4, -0.2) is 64.2 Å². The van der Waals surface area contributed by atoms with E-state index in [0.717, 1.165) is 13.0 Å². The molecule has 10 heteroatoms.